The van der Waals surface area contributed by atoms with Crippen molar-refractivity contribution in [1.29, 1.82) is 5.41 Å². The molecule has 0 spiro atoms. The highest BCUT2D eigenvalue weighted by Crippen LogP contribution is 2.20. The second-order valence-corrected chi connectivity index (χ2v) is 5.59. The number of thioether (sulfide) groups is 1. The van der Waals surface area contributed by atoms with Crippen LogP contribution in [0.15, 0.2) is 23.0 Å². The Labute approximate surface area is 152 Å². The van der Waals surface area contributed by atoms with Crippen LogP contribution in [0.4, 0.5) is 0 Å². The summed E-state index contributed by atoms with van der Waals surface area (Å²) in [5, 5.41) is 8.11. The fraction of sp³-hybridized carbons (Fsp3) is 0.529. The van der Waals surface area contributed by atoms with Gasteiger partial charge in [-0.3, -0.25) is 9.98 Å². The number of hydrogen-bond donors (Lipinski definition) is 1. The lowest BCUT2D eigenvalue weighted by Crippen LogP contribution is -2.25. The number of imidazole rings is 1. The van der Waals surface area contributed by atoms with Crippen LogP contribution in [0.1, 0.15) is 13.8 Å². The van der Waals surface area contributed by atoms with E-state index in [0.29, 0.717) is 37.7 Å². The van der Waals surface area contributed by atoms with Crippen molar-refractivity contribution in [1.82, 2.24) is 9.13 Å². The van der Waals surface area contributed by atoms with Crippen molar-refractivity contribution in [3.05, 3.63) is 28.7 Å². The van der Waals surface area contributed by atoms with E-state index in [1.165, 1.54) is 20.9 Å². The molecule has 2 aromatic rings. The van der Waals surface area contributed by atoms with E-state index in [2.05, 4.69) is 0 Å². The number of aryl methyl sites for hydroxylation is 1. The van der Waals surface area contributed by atoms with Gasteiger partial charge in [0.05, 0.1) is 30.9 Å². The lowest BCUT2D eigenvalue weighted by Gasteiger charge is -2.08. The molecule has 0 radical (unpaired) electrons. The molecule has 0 saturated heterocycles. The second kappa shape index (κ2) is 11.0. The summed E-state index contributed by atoms with van der Waals surface area (Å²) in [5.41, 5.74) is 1.19. The molecule has 1 aromatic carbocycles. The standard InChI is InChI=1S/C15H21N3O4S.C2H6/c1-17-13-10-11(22-9-8-21-7-6-20-2)4-5-12(13)18(15(17)19)14(16)23-3;1-2/h4-5,10,16H,6-9H2,1-3H3;1-2H3. The zero-order valence-electron chi connectivity index (χ0n) is 15.5. The normalized spacial score (nSPS) is 10.4. The number of hydrogen-bond acceptors (Lipinski definition) is 6. The lowest BCUT2D eigenvalue weighted by molar-refractivity contribution is 0.0544. The molecule has 1 heterocycles. The smallest absolute Gasteiger partial charge is 0.335 e. The van der Waals surface area contributed by atoms with Crippen LogP contribution in [-0.2, 0) is 16.5 Å². The van der Waals surface area contributed by atoms with Crippen molar-refractivity contribution in [2.24, 2.45) is 7.05 Å². The topological polar surface area (TPSA) is 78.5 Å². The first-order chi connectivity index (χ1) is 12.1. The first kappa shape index (κ1) is 21.3. The van der Waals surface area contributed by atoms with Gasteiger partial charge in [-0.25, -0.2) is 9.36 Å². The number of benzene rings is 1. The maximum atomic E-state index is 12.3. The molecule has 1 aromatic heterocycles. The fourth-order valence-corrected chi connectivity index (χ4v) is 2.52. The van der Waals surface area contributed by atoms with Gasteiger partial charge in [-0.2, -0.15) is 0 Å². The molecule has 0 aliphatic rings. The Bertz CT molecular complexity index is 739. The molecule has 0 saturated carbocycles. The van der Waals surface area contributed by atoms with Gasteiger partial charge in [-0.05, 0) is 18.4 Å². The number of nitrogens with one attached hydrogen (secondary N) is 1. The Morgan fingerprint density at radius 3 is 2.48 bits per heavy atom. The minimum absolute atomic E-state index is 0.195. The van der Waals surface area contributed by atoms with E-state index in [1.54, 1.807) is 38.6 Å². The zero-order valence-corrected chi connectivity index (χ0v) is 16.3. The van der Waals surface area contributed by atoms with Gasteiger partial charge in [0.15, 0.2) is 5.17 Å². The van der Waals surface area contributed by atoms with Gasteiger partial charge in [0, 0.05) is 20.2 Å². The van der Waals surface area contributed by atoms with Crippen LogP contribution in [-0.4, -0.2) is 54.1 Å². The minimum atomic E-state index is -0.237. The number of methoxy groups -OCH3 is 1. The monoisotopic (exact) mass is 369 g/mol. The van der Waals surface area contributed by atoms with E-state index >= 15 is 0 Å². The zero-order chi connectivity index (χ0) is 18.8. The van der Waals surface area contributed by atoms with Gasteiger partial charge < -0.3 is 14.2 Å². The van der Waals surface area contributed by atoms with Crippen LogP contribution in [0.2, 0.25) is 0 Å². The lowest BCUT2D eigenvalue weighted by atomic mass is 10.3. The molecular weight excluding hydrogens is 342 g/mol. The molecule has 1 N–H and O–H groups in total. The van der Waals surface area contributed by atoms with Crippen LogP contribution < -0.4 is 10.4 Å². The third-order valence-electron chi connectivity index (χ3n) is 3.35. The van der Waals surface area contributed by atoms with Gasteiger partial charge in [0.1, 0.15) is 12.4 Å². The molecule has 8 heteroatoms. The van der Waals surface area contributed by atoms with E-state index in [4.69, 9.17) is 19.6 Å². The average Bonchev–Trinajstić information content (AvgIpc) is 2.90. The number of aromatic nitrogens is 2. The minimum Gasteiger partial charge on any atom is -0.491 e. The van der Waals surface area contributed by atoms with E-state index < -0.39 is 0 Å². The van der Waals surface area contributed by atoms with Gasteiger partial charge in [0.25, 0.3) is 0 Å². The molecule has 0 fully saturated rings. The molecule has 0 bridgehead atoms. The van der Waals surface area contributed by atoms with E-state index in [9.17, 15) is 4.79 Å². The van der Waals surface area contributed by atoms with E-state index in [0.717, 1.165) is 5.52 Å². The Hall–Kier alpha value is -1.77. The third kappa shape index (κ3) is 5.35. The van der Waals surface area contributed by atoms with Crippen LogP contribution in [0.3, 0.4) is 0 Å². The van der Waals surface area contributed by atoms with Crippen molar-refractivity contribution in [3.8, 4) is 5.75 Å². The molecule has 7 nitrogen and oxygen atoms in total. The molecule has 140 valence electrons. The predicted molar refractivity (Wildman–Crippen MR) is 103 cm³/mol. The Morgan fingerprint density at radius 1 is 1.16 bits per heavy atom. The molecule has 25 heavy (non-hydrogen) atoms. The number of nitrogens with zero attached hydrogens (tertiary/aromatic N) is 2. The largest absolute Gasteiger partial charge is 0.491 e. The van der Waals surface area contributed by atoms with Crippen molar-refractivity contribution in [2.75, 3.05) is 39.8 Å². The summed E-state index contributed by atoms with van der Waals surface area (Å²) < 4.78 is 18.8. The maximum Gasteiger partial charge on any atom is 0.335 e. The van der Waals surface area contributed by atoms with Crippen molar-refractivity contribution >= 4 is 28.0 Å². The fourth-order valence-electron chi connectivity index (χ4n) is 2.16. The molecule has 0 aliphatic carbocycles. The predicted octanol–water partition coefficient (Wildman–Crippen LogP) is 2.55. The Morgan fingerprint density at radius 2 is 1.84 bits per heavy atom. The van der Waals surface area contributed by atoms with Gasteiger partial charge in [-0.15, -0.1) is 0 Å². The van der Waals surface area contributed by atoms with Crippen LogP contribution in [0, 0.1) is 5.41 Å². The first-order valence-corrected chi connectivity index (χ1v) is 9.36. The highest BCUT2D eigenvalue weighted by Gasteiger charge is 2.14. The van der Waals surface area contributed by atoms with Crippen LogP contribution in [0.5, 0.6) is 5.75 Å². The summed E-state index contributed by atoms with van der Waals surface area (Å²) in [6.45, 7) is 5.99. The maximum absolute atomic E-state index is 12.3. The van der Waals surface area contributed by atoms with Crippen LogP contribution >= 0.6 is 11.8 Å². The van der Waals surface area contributed by atoms with Gasteiger partial charge in [-0.1, -0.05) is 25.6 Å². The second-order valence-electron chi connectivity index (χ2n) is 4.79. The van der Waals surface area contributed by atoms with Crippen molar-refractivity contribution in [2.45, 2.75) is 13.8 Å². The summed E-state index contributed by atoms with van der Waals surface area (Å²) in [4.78, 5) is 12.3. The Kier molecular flexibility index (Phi) is 9.33. The molecule has 0 unspecified atom stereocenters. The van der Waals surface area contributed by atoms with E-state index in [-0.39, 0.29) is 10.9 Å². The Balaban J connectivity index is 0.00000151. The summed E-state index contributed by atoms with van der Waals surface area (Å²) in [6.07, 6.45) is 1.77. The molecular formula is C17H27N3O4S. The summed E-state index contributed by atoms with van der Waals surface area (Å²) in [5.74, 6) is 0.663. The van der Waals surface area contributed by atoms with E-state index in [1.807, 2.05) is 13.8 Å². The van der Waals surface area contributed by atoms with Crippen LogP contribution in [0.25, 0.3) is 11.0 Å². The quantitative estimate of drug-likeness (QED) is 0.461. The highest BCUT2D eigenvalue weighted by atomic mass is 32.2. The van der Waals surface area contributed by atoms with Gasteiger partial charge >= 0.3 is 5.69 Å². The summed E-state index contributed by atoms with van der Waals surface area (Å²) in [6, 6.07) is 5.39. The summed E-state index contributed by atoms with van der Waals surface area (Å²) >= 11 is 1.22. The molecule has 0 amide bonds. The molecule has 2 rings (SSSR count). The molecule has 0 aliphatic heterocycles. The average molecular weight is 369 g/mol. The van der Waals surface area contributed by atoms with Crippen molar-refractivity contribution < 1.29 is 14.2 Å². The van der Waals surface area contributed by atoms with Gasteiger partial charge in [0.2, 0.25) is 0 Å². The SMILES string of the molecule is CC.COCCOCCOc1ccc2c(c1)n(C)c(=O)n2C(=N)SC. The number of rotatable bonds is 7. The highest BCUT2D eigenvalue weighted by molar-refractivity contribution is 8.13. The summed E-state index contributed by atoms with van der Waals surface area (Å²) in [7, 11) is 3.31. The number of ether oxygens (including phenoxy) is 3. The first-order valence-electron chi connectivity index (χ1n) is 8.14. The number of fused-ring (bicyclic) bond motifs is 1. The third-order valence-corrected chi connectivity index (χ3v) is 3.92. The molecule has 0 atom stereocenters. The van der Waals surface area contributed by atoms with Crippen molar-refractivity contribution in [3.63, 3.8) is 0 Å².